The lowest BCUT2D eigenvalue weighted by molar-refractivity contribution is 0.363. The molecule has 1 aromatic carbocycles. The summed E-state index contributed by atoms with van der Waals surface area (Å²) in [7, 11) is 1.57. The van der Waals surface area contributed by atoms with Gasteiger partial charge in [0, 0.05) is 11.8 Å². The number of benzene rings is 1. The molecule has 0 spiro atoms. The first-order chi connectivity index (χ1) is 6.13. The second kappa shape index (κ2) is 3.85. The minimum absolute atomic E-state index is 0.614. The molecular weight excluding hydrogens is 166 g/mol. The first kappa shape index (κ1) is 9.45. The minimum atomic E-state index is 0.614. The maximum atomic E-state index is 5.58. The summed E-state index contributed by atoms with van der Waals surface area (Å²) in [6, 6.07) is 5.21. The second-order valence-electron chi connectivity index (χ2n) is 2.71. The van der Waals surface area contributed by atoms with Crippen LogP contribution >= 0.6 is 0 Å². The van der Waals surface area contributed by atoms with Gasteiger partial charge in [-0.2, -0.15) is 0 Å². The average Bonchev–Trinajstić information content (AvgIpc) is 2.07. The summed E-state index contributed by atoms with van der Waals surface area (Å²) in [5, 5.41) is 0. The number of allylic oxidation sites excluding steroid dienone is 1. The highest BCUT2D eigenvalue weighted by Gasteiger charge is 2.04. The molecule has 0 aromatic heterocycles. The highest BCUT2D eigenvalue weighted by atomic mass is 16.5. The van der Waals surface area contributed by atoms with Crippen LogP contribution in [0.1, 0.15) is 6.92 Å². The Labute approximate surface area is 77.8 Å². The Bertz CT molecular complexity index is 321. The van der Waals surface area contributed by atoms with Crippen molar-refractivity contribution in [2.45, 2.75) is 6.92 Å². The van der Waals surface area contributed by atoms with Crippen molar-refractivity contribution >= 4 is 5.69 Å². The first-order valence-electron chi connectivity index (χ1n) is 3.90. The van der Waals surface area contributed by atoms with E-state index >= 15 is 0 Å². The van der Waals surface area contributed by atoms with E-state index < -0.39 is 0 Å². The zero-order valence-corrected chi connectivity index (χ0v) is 7.83. The van der Waals surface area contributed by atoms with E-state index in [2.05, 4.69) is 6.58 Å². The third-order valence-electron chi connectivity index (χ3n) is 1.47. The molecule has 0 saturated carbocycles. The van der Waals surface area contributed by atoms with Gasteiger partial charge in [0.2, 0.25) is 0 Å². The normalized spacial score (nSPS) is 9.38. The molecule has 3 nitrogen and oxygen atoms in total. The molecule has 0 aliphatic carbocycles. The van der Waals surface area contributed by atoms with Crippen LogP contribution in [0.15, 0.2) is 30.5 Å². The van der Waals surface area contributed by atoms with Gasteiger partial charge in [0.05, 0.1) is 12.9 Å². The fraction of sp³-hybridized carbons (Fsp3) is 0.200. The number of nitrogens with two attached hydrogens (primary N) is 1. The molecule has 0 aliphatic heterocycles. The van der Waals surface area contributed by atoms with Crippen LogP contribution in [0.5, 0.6) is 11.5 Å². The third kappa shape index (κ3) is 2.40. The standard InChI is InChI=1S/C10H13NO2/c1-7(2)13-9-5-4-8(11)6-10(9)12-3/h4-6H,1,11H2,2-3H3. The number of hydrogen-bond acceptors (Lipinski definition) is 3. The van der Waals surface area contributed by atoms with Gasteiger partial charge < -0.3 is 15.2 Å². The predicted octanol–water partition coefficient (Wildman–Crippen LogP) is 2.19. The van der Waals surface area contributed by atoms with Gasteiger partial charge in [0.25, 0.3) is 0 Å². The topological polar surface area (TPSA) is 44.5 Å². The van der Waals surface area contributed by atoms with E-state index in [-0.39, 0.29) is 0 Å². The molecule has 70 valence electrons. The van der Waals surface area contributed by atoms with Crippen molar-refractivity contribution in [3.05, 3.63) is 30.5 Å². The first-order valence-corrected chi connectivity index (χ1v) is 3.90. The number of nitrogen functional groups attached to an aromatic ring is 1. The van der Waals surface area contributed by atoms with Crippen molar-refractivity contribution in [3.8, 4) is 11.5 Å². The monoisotopic (exact) mass is 179 g/mol. The molecular formula is C10H13NO2. The molecule has 1 aromatic rings. The molecule has 0 saturated heterocycles. The molecule has 2 N–H and O–H groups in total. The van der Waals surface area contributed by atoms with E-state index in [1.54, 1.807) is 32.2 Å². The van der Waals surface area contributed by atoms with Gasteiger partial charge in [-0.15, -0.1) is 0 Å². The summed E-state index contributed by atoms with van der Waals surface area (Å²) < 4.78 is 10.4. The lowest BCUT2D eigenvalue weighted by Crippen LogP contribution is -1.94. The number of ether oxygens (including phenoxy) is 2. The van der Waals surface area contributed by atoms with Gasteiger partial charge in [0.15, 0.2) is 11.5 Å². The molecule has 0 heterocycles. The highest BCUT2D eigenvalue weighted by Crippen LogP contribution is 2.29. The van der Waals surface area contributed by atoms with Crippen LogP contribution in [-0.4, -0.2) is 7.11 Å². The van der Waals surface area contributed by atoms with E-state index in [0.717, 1.165) is 0 Å². The Morgan fingerprint density at radius 1 is 1.38 bits per heavy atom. The summed E-state index contributed by atoms with van der Waals surface area (Å²) in [6.07, 6.45) is 0. The SMILES string of the molecule is C=C(C)Oc1ccc(N)cc1OC. The zero-order chi connectivity index (χ0) is 9.84. The van der Waals surface area contributed by atoms with Crippen LogP contribution in [-0.2, 0) is 0 Å². The number of hydrogen-bond donors (Lipinski definition) is 1. The Morgan fingerprint density at radius 2 is 2.08 bits per heavy atom. The van der Waals surface area contributed by atoms with Gasteiger partial charge in [-0.25, -0.2) is 0 Å². The van der Waals surface area contributed by atoms with Gasteiger partial charge in [-0.3, -0.25) is 0 Å². The largest absolute Gasteiger partial charge is 0.493 e. The van der Waals surface area contributed by atoms with E-state index in [0.29, 0.717) is 22.9 Å². The van der Waals surface area contributed by atoms with Crippen LogP contribution in [0.2, 0.25) is 0 Å². The van der Waals surface area contributed by atoms with E-state index in [1.807, 2.05) is 0 Å². The third-order valence-corrected chi connectivity index (χ3v) is 1.47. The Balaban J connectivity index is 2.99. The quantitative estimate of drug-likeness (QED) is 0.571. The Kier molecular flexibility index (Phi) is 2.80. The predicted molar refractivity (Wildman–Crippen MR) is 52.8 cm³/mol. The van der Waals surface area contributed by atoms with E-state index in [1.165, 1.54) is 0 Å². The summed E-state index contributed by atoms with van der Waals surface area (Å²) in [6.45, 7) is 5.41. The molecule has 0 unspecified atom stereocenters. The van der Waals surface area contributed by atoms with Gasteiger partial charge in [-0.05, 0) is 19.1 Å². The van der Waals surface area contributed by atoms with Crippen molar-refractivity contribution in [1.29, 1.82) is 0 Å². The average molecular weight is 179 g/mol. The van der Waals surface area contributed by atoms with E-state index in [9.17, 15) is 0 Å². The fourth-order valence-corrected chi connectivity index (χ4v) is 0.956. The lowest BCUT2D eigenvalue weighted by atomic mass is 10.3. The van der Waals surface area contributed by atoms with Gasteiger partial charge in [0.1, 0.15) is 0 Å². The van der Waals surface area contributed by atoms with Crippen LogP contribution in [0.3, 0.4) is 0 Å². The van der Waals surface area contributed by atoms with Gasteiger partial charge in [-0.1, -0.05) is 6.58 Å². The summed E-state index contributed by atoms with van der Waals surface area (Å²) in [5.41, 5.74) is 6.22. The van der Waals surface area contributed by atoms with Crippen LogP contribution in [0, 0.1) is 0 Å². The molecule has 13 heavy (non-hydrogen) atoms. The van der Waals surface area contributed by atoms with Crippen molar-refractivity contribution in [3.63, 3.8) is 0 Å². The molecule has 0 aliphatic rings. The number of methoxy groups -OCH3 is 1. The van der Waals surface area contributed by atoms with Crippen molar-refractivity contribution in [1.82, 2.24) is 0 Å². The lowest BCUT2D eigenvalue weighted by Gasteiger charge is -2.09. The molecule has 0 radical (unpaired) electrons. The van der Waals surface area contributed by atoms with Crippen LogP contribution in [0.25, 0.3) is 0 Å². The summed E-state index contributed by atoms with van der Waals surface area (Å²) in [4.78, 5) is 0. The molecule has 0 fully saturated rings. The summed E-state index contributed by atoms with van der Waals surface area (Å²) >= 11 is 0. The van der Waals surface area contributed by atoms with E-state index in [4.69, 9.17) is 15.2 Å². The Hall–Kier alpha value is -1.64. The van der Waals surface area contributed by atoms with Crippen molar-refractivity contribution < 1.29 is 9.47 Å². The molecule has 1 rings (SSSR count). The molecule has 3 heteroatoms. The van der Waals surface area contributed by atoms with Crippen molar-refractivity contribution in [2.75, 3.05) is 12.8 Å². The van der Waals surface area contributed by atoms with Crippen molar-refractivity contribution in [2.24, 2.45) is 0 Å². The van der Waals surface area contributed by atoms with Crippen LogP contribution in [0.4, 0.5) is 5.69 Å². The van der Waals surface area contributed by atoms with Crippen LogP contribution < -0.4 is 15.2 Å². The maximum absolute atomic E-state index is 5.58. The molecule has 0 amide bonds. The smallest absolute Gasteiger partial charge is 0.168 e. The second-order valence-corrected chi connectivity index (χ2v) is 2.71. The minimum Gasteiger partial charge on any atom is -0.493 e. The summed E-state index contributed by atoms with van der Waals surface area (Å²) in [5.74, 6) is 1.86. The number of rotatable bonds is 3. The van der Waals surface area contributed by atoms with Gasteiger partial charge >= 0.3 is 0 Å². The number of anilines is 1. The molecule has 0 bridgehead atoms. The molecule has 0 atom stereocenters. The fourth-order valence-electron chi connectivity index (χ4n) is 0.956. The highest BCUT2D eigenvalue weighted by molar-refractivity contribution is 5.52. The maximum Gasteiger partial charge on any atom is 0.168 e. The Morgan fingerprint density at radius 3 is 2.62 bits per heavy atom. The zero-order valence-electron chi connectivity index (χ0n) is 7.83.